The van der Waals surface area contributed by atoms with Crippen molar-refractivity contribution in [3.05, 3.63) is 42.5 Å². The monoisotopic (exact) mass is 329 g/mol. The predicted molar refractivity (Wildman–Crippen MR) is 87.8 cm³/mol. The lowest BCUT2D eigenvalue weighted by Gasteiger charge is -2.19. The Morgan fingerprint density at radius 2 is 2.13 bits per heavy atom. The standard InChI is InChI=1S/C15H15N5O2S/c1-20-8-2-3-10(20)13(22)19-15-11(12(16)21)18-14(23-15)9-4-6-17-7-5-9/h2,4-8,10H,3H2,1H3,(H2,16,21)(H,19,22). The Morgan fingerprint density at radius 1 is 1.39 bits per heavy atom. The van der Waals surface area contributed by atoms with Gasteiger partial charge in [0.05, 0.1) is 0 Å². The molecule has 0 bridgehead atoms. The highest BCUT2D eigenvalue weighted by Crippen LogP contribution is 2.32. The summed E-state index contributed by atoms with van der Waals surface area (Å²) in [5.41, 5.74) is 6.27. The summed E-state index contributed by atoms with van der Waals surface area (Å²) in [7, 11) is 1.83. The van der Waals surface area contributed by atoms with Crippen molar-refractivity contribution in [1.82, 2.24) is 14.9 Å². The third kappa shape index (κ3) is 3.07. The average Bonchev–Trinajstić information content (AvgIpc) is 3.14. The number of anilines is 1. The molecule has 0 aromatic carbocycles. The second kappa shape index (κ2) is 6.17. The van der Waals surface area contributed by atoms with E-state index in [9.17, 15) is 9.59 Å². The molecule has 0 aliphatic carbocycles. The lowest BCUT2D eigenvalue weighted by molar-refractivity contribution is -0.119. The number of nitrogens with zero attached hydrogens (tertiary/aromatic N) is 3. The zero-order valence-electron chi connectivity index (χ0n) is 12.4. The lowest BCUT2D eigenvalue weighted by Crippen LogP contribution is -2.36. The molecule has 7 nitrogen and oxygen atoms in total. The van der Waals surface area contributed by atoms with Crippen molar-refractivity contribution >= 4 is 28.2 Å². The summed E-state index contributed by atoms with van der Waals surface area (Å²) in [5.74, 6) is -0.861. The van der Waals surface area contributed by atoms with Gasteiger partial charge in [0.2, 0.25) is 5.91 Å². The topological polar surface area (TPSA) is 101 Å². The predicted octanol–water partition coefficient (Wildman–Crippen LogP) is 1.46. The van der Waals surface area contributed by atoms with Crippen molar-refractivity contribution in [3.63, 3.8) is 0 Å². The van der Waals surface area contributed by atoms with Crippen molar-refractivity contribution in [2.75, 3.05) is 12.4 Å². The van der Waals surface area contributed by atoms with Gasteiger partial charge in [0, 0.05) is 25.0 Å². The first-order valence-corrected chi connectivity index (χ1v) is 7.78. The van der Waals surface area contributed by atoms with Gasteiger partial charge >= 0.3 is 0 Å². The molecule has 0 spiro atoms. The van der Waals surface area contributed by atoms with Gasteiger partial charge in [0.1, 0.15) is 16.1 Å². The third-order valence-electron chi connectivity index (χ3n) is 3.52. The number of carbonyl (C=O) groups is 2. The van der Waals surface area contributed by atoms with Gasteiger partial charge in [0.15, 0.2) is 5.69 Å². The van der Waals surface area contributed by atoms with Crippen molar-refractivity contribution in [2.45, 2.75) is 12.5 Å². The van der Waals surface area contributed by atoms with Crippen LogP contribution < -0.4 is 11.1 Å². The maximum absolute atomic E-state index is 12.4. The maximum Gasteiger partial charge on any atom is 0.270 e. The van der Waals surface area contributed by atoms with Gasteiger partial charge in [-0.1, -0.05) is 17.4 Å². The van der Waals surface area contributed by atoms with Gasteiger partial charge in [-0.3, -0.25) is 14.6 Å². The number of carbonyl (C=O) groups excluding carboxylic acids is 2. The molecule has 3 N–H and O–H groups in total. The number of rotatable bonds is 4. The van der Waals surface area contributed by atoms with Crippen LogP contribution in [0.5, 0.6) is 0 Å². The van der Waals surface area contributed by atoms with E-state index in [-0.39, 0.29) is 17.6 Å². The van der Waals surface area contributed by atoms with Crippen molar-refractivity contribution in [3.8, 4) is 10.6 Å². The minimum absolute atomic E-state index is 0.0729. The van der Waals surface area contributed by atoms with Gasteiger partial charge in [0.25, 0.3) is 5.91 Å². The van der Waals surface area contributed by atoms with Gasteiger partial charge < -0.3 is 16.0 Å². The smallest absolute Gasteiger partial charge is 0.270 e. The number of likely N-dealkylation sites (N-methyl/N-ethyl adjacent to an activating group) is 1. The molecule has 118 valence electrons. The Morgan fingerprint density at radius 3 is 2.74 bits per heavy atom. The minimum atomic E-state index is -0.672. The Hall–Kier alpha value is -2.74. The Kier molecular flexibility index (Phi) is 4.07. The van der Waals surface area contributed by atoms with Crippen LogP contribution in [-0.2, 0) is 4.79 Å². The normalized spacial score (nSPS) is 16.6. The molecule has 1 aliphatic rings. The highest BCUT2D eigenvalue weighted by atomic mass is 32.1. The summed E-state index contributed by atoms with van der Waals surface area (Å²) in [5, 5.41) is 3.75. The molecule has 0 saturated carbocycles. The number of hydrogen-bond acceptors (Lipinski definition) is 6. The summed E-state index contributed by atoms with van der Waals surface area (Å²) >= 11 is 1.22. The molecule has 3 heterocycles. The molecule has 23 heavy (non-hydrogen) atoms. The van der Waals surface area contributed by atoms with E-state index in [0.717, 1.165) is 5.56 Å². The number of hydrogen-bond donors (Lipinski definition) is 2. The molecule has 3 rings (SSSR count). The fourth-order valence-corrected chi connectivity index (χ4v) is 3.28. The van der Waals surface area contributed by atoms with Crippen LogP contribution in [0, 0.1) is 0 Å². The number of primary amides is 1. The van der Waals surface area contributed by atoms with Crippen LogP contribution in [-0.4, -0.2) is 39.8 Å². The van der Waals surface area contributed by atoms with E-state index >= 15 is 0 Å². The first kappa shape index (κ1) is 15.2. The molecular weight excluding hydrogens is 314 g/mol. The van der Waals surface area contributed by atoms with Crippen molar-refractivity contribution in [2.24, 2.45) is 5.73 Å². The van der Waals surface area contributed by atoms with Crippen molar-refractivity contribution in [1.29, 1.82) is 0 Å². The van der Waals surface area contributed by atoms with Crippen LogP contribution in [0.4, 0.5) is 5.00 Å². The van der Waals surface area contributed by atoms with Gasteiger partial charge in [-0.05, 0) is 24.8 Å². The summed E-state index contributed by atoms with van der Waals surface area (Å²) in [6, 6.07) is 3.27. The number of amides is 2. The van der Waals surface area contributed by atoms with Crippen LogP contribution in [0.15, 0.2) is 36.8 Å². The fourth-order valence-electron chi connectivity index (χ4n) is 2.30. The van der Waals surface area contributed by atoms with Gasteiger partial charge in [-0.25, -0.2) is 4.98 Å². The van der Waals surface area contributed by atoms with Crippen LogP contribution in [0.2, 0.25) is 0 Å². The quantitative estimate of drug-likeness (QED) is 0.884. The number of nitrogens with two attached hydrogens (primary N) is 1. The molecule has 1 aliphatic heterocycles. The van der Waals surface area contributed by atoms with E-state index < -0.39 is 5.91 Å². The molecule has 8 heteroatoms. The molecule has 2 aromatic rings. The second-order valence-corrected chi connectivity index (χ2v) is 6.09. The Bertz CT molecular complexity index is 771. The number of nitrogens with one attached hydrogen (secondary N) is 1. The summed E-state index contributed by atoms with van der Waals surface area (Å²) in [4.78, 5) is 34.0. The average molecular weight is 329 g/mol. The van der Waals surface area contributed by atoms with Crippen LogP contribution in [0.25, 0.3) is 10.6 Å². The number of thiazole rings is 1. The van der Waals surface area contributed by atoms with Crippen molar-refractivity contribution < 1.29 is 9.59 Å². The molecule has 0 fully saturated rings. The third-order valence-corrected chi connectivity index (χ3v) is 4.54. The molecule has 0 saturated heterocycles. The minimum Gasteiger partial charge on any atom is -0.369 e. The van der Waals surface area contributed by atoms with Crippen LogP contribution >= 0.6 is 11.3 Å². The second-order valence-electron chi connectivity index (χ2n) is 5.09. The van der Waals surface area contributed by atoms with E-state index in [0.29, 0.717) is 16.4 Å². The zero-order valence-corrected chi connectivity index (χ0v) is 13.2. The highest BCUT2D eigenvalue weighted by Gasteiger charge is 2.26. The van der Waals surface area contributed by atoms with E-state index in [2.05, 4.69) is 15.3 Å². The molecule has 1 unspecified atom stereocenters. The van der Waals surface area contributed by atoms with E-state index in [4.69, 9.17) is 5.73 Å². The number of pyridine rings is 1. The first-order chi connectivity index (χ1) is 11.1. The Balaban J connectivity index is 1.88. The summed E-state index contributed by atoms with van der Waals surface area (Å²) in [6.07, 6.45) is 7.68. The highest BCUT2D eigenvalue weighted by molar-refractivity contribution is 7.19. The molecule has 2 aromatic heterocycles. The maximum atomic E-state index is 12.4. The van der Waals surface area contributed by atoms with E-state index in [1.54, 1.807) is 24.5 Å². The SMILES string of the molecule is CN1C=CCC1C(=O)Nc1sc(-c2ccncc2)nc1C(N)=O. The molecular formula is C15H15N5O2S. The summed E-state index contributed by atoms with van der Waals surface area (Å²) < 4.78 is 0. The largest absolute Gasteiger partial charge is 0.369 e. The van der Waals surface area contributed by atoms with E-state index in [1.807, 2.05) is 24.2 Å². The molecule has 2 amide bonds. The lowest BCUT2D eigenvalue weighted by atomic mass is 10.2. The van der Waals surface area contributed by atoms with Gasteiger partial charge in [-0.2, -0.15) is 0 Å². The van der Waals surface area contributed by atoms with Crippen LogP contribution in [0.1, 0.15) is 16.9 Å². The summed E-state index contributed by atoms with van der Waals surface area (Å²) in [6.45, 7) is 0. The molecule has 1 atom stereocenters. The molecule has 0 radical (unpaired) electrons. The first-order valence-electron chi connectivity index (χ1n) is 6.96. The van der Waals surface area contributed by atoms with Crippen LogP contribution in [0.3, 0.4) is 0 Å². The van der Waals surface area contributed by atoms with Gasteiger partial charge in [-0.15, -0.1) is 0 Å². The van der Waals surface area contributed by atoms with E-state index in [1.165, 1.54) is 11.3 Å². The Labute approximate surface area is 136 Å². The zero-order chi connectivity index (χ0) is 16.4. The fraction of sp³-hybridized carbons (Fsp3) is 0.200. The number of aromatic nitrogens is 2.